The molecule has 1 aromatic rings. The van der Waals surface area contributed by atoms with Gasteiger partial charge in [0.15, 0.2) is 0 Å². The van der Waals surface area contributed by atoms with Gasteiger partial charge in [-0.2, -0.15) is 0 Å². The summed E-state index contributed by atoms with van der Waals surface area (Å²) in [5.74, 6) is 5.54. The normalized spacial score (nSPS) is 11.1. The maximum atomic E-state index is 11.9. The van der Waals surface area contributed by atoms with Gasteiger partial charge >= 0.3 is 0 Å². The largest absolute Gasteiger partial charge is 0.395 e. The van der Waals surface area contributed by atoms with Crippen LogP contribution < -0.4 is 4.83 Å². The molecule has 0 spiro atoms. The molecule has 0 saturated heterocycles. The van der Waals surface area contributed by atoms with Gasteiger partial charge in [0, 0.05) is 26.1 Å². The van der Waals surface area contributed by atoms with E-state index in [9.17, 15) is 8.42 Å². The highest BCUT2D eigenvalue weighted by molar-refractivity contribution is 7.89. The number of sulfonamides is 1. The first-order valence-corrected chi connectivity index (χ1v) is 6.83. The molecule has 0 amide bonds. The summed E-state index contributed by atoms with van der Waals surface area (Å²) in [5.41, 5.74) is 0.602. The summed E-state index contributed by atoms with van der Waals surface area (Å²) in [6, 6.07) is 6.35. The molecule has 1 aromatic carbocycles. The SMILES string of the molecule is CN(C)NS(=O)(=O)c1cccc(C#CCCO)c1. The van der Waals surface area contributed by atoms with Gasteiger partial charge < -0.3 is 5.11 Å². The number of hydrogen-bond acceptors (Lipinski definition) is 4. The fraction of sp³-hybridized carbons (Fsp3) is 0.333. The van der Waals surface area contributed by atoms with Gasteiger partial charge in [-0.3, -0.25) is 0 Å². The van der Waals surface area contributed by atoms with Crippen molar-refractivity contribution < 1.29 is 13.5 Å². The number of benzene rings is 1. The summed E-state index contributed by atoms with van der Waals surface area (Å²) in [6.45, 7) is -0.00677. The maximum absolute atomic E-state index is 11.9. The van der Waals surface area contributed by atoms with Crippen LogP contribution in [0, 0.1) is 11.8 Å². The molecule has 0 atom stereocenters. The van der Waals surface area contributed by atoms with E-state index in [1.54, 1.807) is 26.2 Å². The highest BCUT2D eigenvalue weighted by Gasteiger charge is 2.14. The van der Waals surface area contributed by atoms with Crippen LogP contribution in [0.2, 0.25) is 0 Å². The van der Waals surface area contributed by atoms with Crippen LogP contribution >= 0.6 is 0 Å². The quantitative estimate of drug-likeness (QED) is 0.603. The Kier molecular flexibility index (Phi) is 5.31. The van der Waals surface area contributed by atoms with E-state index < -0.39 is 10.0 Å². The second-order valence-electron chi connectivity index (χ2n) is 3.79. The molecule has 5 nitrogen and oxygen atoms in total. The highest BCUT2D eigenvalue weighted by Crippen LogP contribution is 2.10. The molecule has 6 heteroatoms. The average molecular weight is 268 g/mol. The Bertz CT molecular complexity index is 556. The van der Waals surface area contributed by atoms with Crippen LogP contribution in [0.5, 0.6) is 0 Å². The van der Waals surface area contributed by atoms with Gasteiger partial charge in [0.1, 0.15) is 0 Å². The van der Waals surface area contributed by atoms with E-state index in [2.05, 4.69) is 16.7 Å². The van der Waals surface area contributed by atoms with E-state index in [0.717, 1.165) is 0 Å². The maximum Gasteiger partial charge on any atom is 0.253 e. The average Bonchev–Trinajstić information content (AvgIpc) is 2.28. The summed E-state index contributed by atoms with van der Waals surface area (Å²) < 4.78 is 23.8. The molecule has 0 radical (unpaired) electrons. The molecule has 2 N–H and O–H groups in total. The Morgan fingerprint density at radius 1 is 1.39 bits per heavy atom. The van der Waals surface area contributed by atoms with E-state index in [4.69, 9.17) is 5.11 Å². The van der Waals surface area contributed by atoms with Crippen molar-refractivity contribution in [3.63, 3.8) is 0 Å². The standard InChI is InChI=1S/C12H16N2O3S/c1-14(2)13-18(16,17)12-8-5-7-11(10-12)6-3-4-9-15/h5,7-8,10,13,15H,4,9H2,1-2H3. The van der Waals surface area contributed by atoms with Gasteiger partial charge in [0.05, 0.1) is 11.5 Å². The predicted octanol–water partition coefficient (Wildman–Crippen LogP) is 0.175. The lowest BCUT2D eigenvalue weighted by Crippen LogP contribution is -2.36. The third-order valence-electron chi connectivity index (χ3n) is 1.92. The molecular weight excluding hydrogens is 252 g/mol. The number of nitrogens with zero attached hydrogens (tertiary/aromatic N) is 1. The zero-order valence-corrected chi connectivity index (χ0v) is 11.2. The first-order chi connectivity index (χ1) is 8.45. The Balaban J connectivity index is 2.99. The van der Waals surface area contributed by atoms with Crippen LogP contribution in [-0.2, 0) is 10.0 Å². The molecule has 0 aliphatic heterocycles. The molecule has 18 heavy (non-hydrogen) atoms. The zero-order chi connectivity index (χ0) is 13.6. The van der Waals surface area contributed by atoms with E-state index >= 15 is 0 Å². The molecule has 0 heterocycles. The van der Waals surface area contributed by atoms with E-state index in [1.807, 2.05) is 0 Å². The Morgan fingerprint density at radius 3 is 2.72 bits per heavy atom. The Morgan fingerprint density at radius 2 is 2.11 bits per heavy atom. The number of rotatable bonds is 4. The molecule has 1 rings (SSSR count). The molecule has 0 fully saturated rings. The van der Waals surface area contributed by atoms with Gasteiger partial charge in [0.25, 0.3) is 10.0 Å². The second-order valence-corrected chi connectivity index (χ2v) is 5.45. The minimum Gasteiger partial charge on any atom is -0.395 e. The zero-order valence-electron chi connectivity index (χ0n) is 10.3. The van der Waals surface area contributed by atoms with Gasteiger partial charge in [-0.1, -0.05) is 17.9 Å². The smallest absolute Gasteiger partial charge is 0.253 e. The summed E-state index contributed by atoms with van der Waals surface area (Å²) in [6.07, 6.45) is 0.368. The fourth-order valence-electron chi connectivity index (χ4n) is 1.25. The molecule has 0 aliphatic rings. The number of aliphatic hydroxyl groups excluding tert-OH is 1. The van der Waals surface area contributed by atoms with Crippen molar-refractivity contribution in [2.75, 3.05) is 20.7 Å². The van der Waals surface area contributed by atoms with Gasteiger partial charge in [-0.25, -0.2) is 13.4 Å². The van der Waals surface area contributed by atoms with E-state index in [0.29, 0.717) is 12.0 Å². The summed E-state index contributed by atoms with van der Waals surface area (Å²) in [5, 5.41) is 9.97. The lowest BCUT2D eigenvalue weighted by molar-refractivity contribution is 0.305. The topological polar surface area (TPSA) is 69.6 Å². The van der Waals surface area contributed by atoms with Crippen molar-refractivity contribution in [2.45, 2.75) is 11.3 Å². The number of nitrogens with one attached hydrogen (secondary N) is 1. The lowest BCUT2D eigenvalue weighted by Gasteiger charge is -2.12. The number of hydrogen-bond donors (Lipinski definition) is 2. The van der Waals surface area contributed by atoms with Crippen LogP contribution in [0.3, 0.4) is 0 Å². The molecule has 0 aliphatic carbocycles. The summed E-state index contributed by atoms with van der Waals surface area (Å²) in [7, 11) is -0.355. The number of hydrazine groups is 1. The van der Waals surface area contributed by atoms with Gasteiger partial charge in [-0.15, -0.1) is 4.83 Å². The van der Waals surface area contributed by atoms with Gasteiger partial charge in [-0.05, 0) is 18.2 Å². The molecular formula is C12H16N2O3S. The summed E-state index contributed by atoms with van der Waals surface area (Å²) >= 11 is 0. The van der Waals surface area contributed by atoms with Crippen molar-refractivity contribution >= 4 is 10.0 Å². The summed E-state index contributed by atoms with van der Waals surface area (Å²) in [4.78, 5) is 2.51. The minimum atomic E-state index is -3.55. The monoisotopic (exact) mass is 268 g/mol. The molecule has 0 unspecified atom stereocenters. The van der Waals surface area contributed by atoms with Gasteiger partial charge in [0.2, 0.25) is 0 Å². The van der Waals surface area contributed by atoms with Crippen LogP contribution in [0.25, 0.3) is 0 Å². The molecule has 0 saturated carbocycles. The molecule has 0 aromatic heterocycles. The predicted molar refractivity (Wildman–Crippen MR) is 69.0 cm³/mol. The van der Waals surface area contributed by atoms with Crippen LogP contribution in [-0.4, -0.2) is 39.2 Å². The van der Waals surface area contributed by atoms with Crippen molar-refractivity contribution in [2.24, 2.45) is 0 Å². The van der Waals surface area contributed by atoms with Crippen molar-refractivity contribution in [1.82, 2.24) is 9.84 Å². The highest BCUT2D eigenvalue weighted by atomic mass is 32.2. The minimum absolute atomic E-state index is 0.00677. The Hall–Kier alpha value is -1.39. The first-order valence-electron chi connectivity index (χ1n) is 5.35. The van der Waals surface area contributed by atoms with Crippen molar-refractivity contribution in [3.8, 4) is 11.8 Å². The second kappa shape index (κ2) is 6.52. The van der Waals surface area contributed by atoms with Crippen LogP contribution in [0.15, 0.2) is 29.2 Å². The third kappa shape index (κ3) is 4.47. The van der Waals surface area contributed by atoms with Crippen LogP contribution in [0.4, 0.5) is 0 Å². The fourth-order valence-corrected chi connectivity index (χ4v) is 2.38. The molecule has 0 bridgehead atoms. The molecule has 98 valence electrons. The lowest BCUT2D eigenvalue weighted by atomic mass is 10.2. The van der Waals surface area contributed by atoms with Crippen LogP contribution in [0.1, 0.15) is 12.0 Å². The Labute approximate surface area is 107 Å². The van der Waals surface area contributed by atoms with E-state index in [1.165, 1.54) is 17.1 Å². The first kappa shape index (κ1) is 14.7. The third-order valence-corrected chi connectivity index (χ3v) is 3.40. The van der Waals surface area contributed by atoms with Crippen molar-refractivity contribution in [1.29, 1.82) is 0 Å². The van der Waals surface area contributed by atoms with E-state index in [-0.39, 0.29) is 11.5 Å². The number of aliphatic hydroxyl groups is 1. The van der Waals surface area contributed by atoms with Crippen molar-refractivity contribution in [3.05, 3.63) is 29.8 Å².